The third-order valence-corrected chi connectivity index (χ3v) is 2.04. The Bertz CT molecular complexity index is 237. The average Bonchev–Trinajstić information content (AvgIpc) is 2.14. The Hall–Kier alpha value is -0.650. The molecule has 0 amide bonds. The summed E-state index contributed by atoms with van der Waals surface area (Å²) in [5.41, 5.74) is 4.30. The molecule has 0 N–H and O–H groups in total. The second kappa shape index (κ2) is 3.50. The molecule has 1 aliphatic carbocycles. The molecule has 0 aliphatic heterocycles. The van der Waals surface area contributed by atoms with E-state index in [4.69, 9.17) is 0 Å². The number of hydrogen-bond donors (Lipinski definition) is 0. The highest BCUT2D eigenvalue weighted by Crippen LogP contribution is 2.15. The number of rotatable bonds is 1. The third kappa shape index (κ3) is 1.94. The van der Waals surface area contributed by atoms with E-state index in [0.29, 0.717) is 0 Å². The van der Waals surface area contributed by atoms with Crippen molar-refractivity contribution >= 4 is 11.8 Å². The zero-order valence-electron chi connectivity index (χ0n) is 6.22. The van der Waals surface area contributed by atoms with Gasteiger partial charge in [0.05, 0.1) is 0 Å². The number of allylic oxidation sites excluding steroid dienone is 4. The van der Waals surface area contributed by atoms with Gasteiger partial charge in [-0.15, -0.1) is 17.5 Å². The Balaban J connectivity index is 2.85. The molecule has 0 spiro atoms. The summed E-state index contributed by atoms with van der Waals surface area (Å²) in [6.07, 6.45) is 10.3. The van der Waals surface area contributed by atoms with Crippen molar-refractivity contribution in [1.82, 2.24) is 0 Å². The topological polar surface area (TPSA) is 0 Å². The van der Waals surface area contributed by atoms with Crippen LogP contribution in [0.3, 0.4) is 0 Å². The van der Waals surface area contributed by atoms with Gasteiger partial charge in [-0.1, -0.05) is 6.08 Å². The molecule has 1 rings (SSSR count). The predicted octanol–water partition coefficient (Wildman–Crippen LogP) is 2.90. The van der Waals surface area contributed by atoms with Crippen molar-refractivity contribution < 1.29 is 0 Å². The molecule has 0 radical (unpaired) electrons. The van der Waals surface area contributed by atoms with E-state index in [2.05, 4.69) is 30.2 Å². The quantitative estimate of drug-likeness (QED) is 0.518. The molecule has 0 unspecified atom stereocenters. The van der Waals surface area contributed by atoms with Crippen LogP contribution in [0.4, 0.5) is 0 Å². The molecule has 0 nitrogen and oxygen atoms in total. The Morgan fingerprint density at radius 2 is 2.20 bits per heavy atom. The summed E-state index contributed by atoms with van der Waals surface area (Å²) in [5, 5.41) is 0. The lowest BCUT2D eigenvalue weighted by Gasteiger charge is -1.90. The van der Waals surface area contributed by atoms with Crippen LogP contribution in [-0.2, 0) is 0 Å². The predicted molar refractivity (Wildman–Crippen MR) is 48.0 cm³/mol. The van der Waals surface area contributed by atoms with Gasteiger partial charge in [-0.2, -0.15) is 0 Å². The van der Waals surface area contributed by atoms with Crippen LogP contribution in [0.2, 0.25) is 0 Å². The molecule has 0 heterocycles. The Morgan fingerprint density at radius 3 is 2.90 bits per heavy atom. The Labute approximate surface area is 66.0 Å². The van der Waals surface area contributed by atoms with E-state index in [1.165, 1.54) is 10.5 Å². The number of hydrogen-bond acceptors (Lipinski definition) is 1. The van der Waals surface area contributed by atoms with E-state index >= 15 is 0 Å². The van der Waals surface area contributed by atoms with E-state index in [0.717, 1.165) is 0 Å². The zero-order chi connectivity index (χ0) is 7.40. The summed E-state index contributed by atoms with van der Waals surface area (Å²) in [7, 11) is 0. The first-order valence-electron chi connectivity index (χ1n) is 3.18. The van der Waals surface area contributed by atoms with Crippen LogP contribution in [0.15, 0.2) is 40.5 Å². The van der Waals surface area contributed by atoms with E-state index in [9.17, 15) is 0 Å². The molecule has 1 aliphatic rings. The maximum absolute atomic E-state index is 3.12. The summed E-state index contributed by atoms with van der Waals surface area (Å²) in [4.78, 5) is 1.28. The molecule has 0 atom stereocenters. The monoisotopic (exact) mass is 150 g/mol. The minimum Gasteiger partial charge on any atom is -0.130 e. The fourth-order valence-corrected chi connectivity index (χ4v) is 1.11. The lowest BCUT2D eigenvalue weighted by atomic mass is 10.3. The molecular weight excluding hydrogens is 140 g/mol. The summed E-state index contributed by atoms with van der Waals surface area (Å²) in [5.74, 6) is 0. The van der Waals surface area contributed by atoms with E-state index in [1.54, 1.807) is 11.8 Å². The lowest BCUT2D eigenvalue weighted by molar-refractivity contribution is 1.55. The van der Waals surface area contributed by atoms with Crippen molar-refractivity contribution in [3.63, 3.8) is 0 Å². The molecule has 0 aromatic heterocycles. The molecule has 0 fully saturated rings. The van der Waals surface area contributed by atoms with Crippen LogP contribution in [0, 0.1) is 0 Å². The van der Waals surface area contributed by atoms with Gasteiger partial charge in [0.15, 0.2) is 0 Å². The summed E-state index contributed by atoms with van der Waals surface area (Å²) in [6.45, 7) is 2.05. The third-order valence-electron chi connectivity index (χ3n) is 1.29. The van der Waals surface area contributed by atoms with E-state index in [1.807, 2.05) is 13.0 Å². The van der Waals surface area contributed by atoms with E-state index < -0.39 is 0 Å². The van der Waals surface area contributed by atoms with Gasteiger partial charge >= 0.3 is 0 Å². The van der Waals surface area contributed by atoms with Crippen LogP contribution in [0.25, 0.3) is 0 Å². The van der Waals surface area contributed by atoms with Gasteiger partial charge in [0.1, 0.15) is 0 Å². The molecule has 0 bridgehead atoms. The molecule has 52 valence electrons. The zero-order valence-corrected chi connectivity index (χ0v) is 7.03. The van der Waals surface area contributed by atoms with Crippen LogP contribution in [0.5, 0.6) is 0 Å². The minimum atomic E-state index is 1.18. The van der Waals surface area contributed by atoms with Crippen molar-refractivity contribution in [1.29, 1.82) is 0 Å². The summed E-state index contributed by atoms with van der Waals surface area (Å²) >= 11 is 1.75. The standard InChI is InChI=1S/C9H10S/c1-8-4-3-5-9(10-2)7-6-8/h3,5-7H,1-2H3. The van der Waals surface area contributed by atoms with Crippen LogP contribution in [-0.4, -0.2) is 6.26 Å². The SMILES string of the molecule is CSC1=CC=C=C(C)C=C1. The first-order chi connectivity index (χ1) is 4.83. The Morgan fingerprint density at radius 1 is 1.40 bits per heavy atom. The molecule has 0 aromatic carbocycles. The van der Waals surface area contributed by atoms with Crippen LogP contribution in [0.1, 0.15) is 6.92 Å². The summed E-state index contributed by atoms with van der Waals surface area (Å²) < 4.78 is 0. The van der Waals surface area contributed by atoms with Gasteiger partial charge in [0.2, 0.25) is 0 Å². The Kier molecular flexibility index (Phi) is 2.61. The van der Waals surface area contributed by atoms with Crippen molar-refractivity contribution in [3.05, 3.63) is 40.5 Å². The molecule has 10 heavy (non-hydrogen) atoms. The second-order valence-electron chi connectivity index (χ2n) is 2.10. The fourth-order valence-electron chi connectivity index (χ4n) is 0.702. The molecular formula is C9H10S. The minimum absolute atomic E-state index is 1.18. The van der Waals surface area contributed by atoms with Crippen molar-refractivity contribution in [2.75, 3.05) is 6.26 Å². The second-order valence-corrected chi connectivity index (χ2v) is 2.98. The van der Waals surface area contributed by atoms with Gasteiger partial charge in [0.25, 0.3) is 0 Å². The normalized spacial score (nSPS) is 16.2. The first kappa shape index (κ1) is 7.46. The van der Waals surface area contributed by atoms with Gasteiger partial charge in [-0.25, -0.2) is 0 Å². The van der Waals surface area contributed by atoms with Gasteiger partial charge in [-0.05, 0) is 37.0 Å². The average molecular weight is 150 g/mol. The van der Waals surface area contributed by atoms with Crippen molar-refractivity contribution in [2.24, 2.45) is 0 Å². The van der Waals surface area contributed by atoms with Crippen LogP contribution >= 0.6 is 11.8 Å². The summed E-state index contributed by atoms with van der Waals surface area (Å²) in [6, 6.07) is 0. The highest BCUT2D eigenvalue weighted by Gasteiger charge is 1.88. The van der Waals surface area contributed by atoms with E-state index in [-0.39, 0.29) is 0 Å². The maximum atomic E-state index is 3.12. The van der Waals surface area contributed by atoms with Crippen molar-refractivity contribution in [3.8, 4) is 0 Å². The van der Waals surface area contributed by atoms with Gasteiger partial charge in [0, 0.05) is 4.91 Å². The highest BCUT2D eigenvalue weighted by molar-refractivity contribution is 8.02. The lowest BCUT2D eigenvalue weighted by Crippen LogP contribution is -1.65. The molecule has 0 saturated carbocycles. The van der Waals surface area contributed by atoms with Crippen LogP contribution < -0.4 is 0 Å². The highest BCUT2D eigenvalue weighted by atomic mass is 32.2. The molecule has 1 heteroatoms. The van der Waals surface area contributed by atoms with Gasteiger partial charge in [-0.3, -0.25) is 0 Å². The smallest absolute Gasteiger partial charge is 0.00755 e. The van der Waals surface area contributed by atoms with Gasteiger partial charge < -0.3 is 0 Å². The van der Waals surface area contributed by atoms with Crippen molar-refractivity contribution in [2.45, 2.75) is 6.92 Å². The first-order valence-corrected chi connectivity index (χ1v) is 4.41. The number of thioether (sulfide) groups is 1. The molecule has 0 aromatic rings. The maximum Gasteiger partial charge on any atom is 0.00755 e. The fraction of sp³-hybridized carbons (Fsp3) is 0.222. The molecule has 0 saturated heterocycles. The largest absolute Gasteiger partial charge is 0.130 e.